The maximum Gasteiger partial charge on any atom is 0.453 e. The molecule has 34 heavy (non-hydrogen) atoms. The van der Waals surface area contributed by atoms with Crippen LogP contribution in [0.4, 0.5) is 19.0 Å². The third-order valence-corrected chi connectivity index (χ3v) is 6.56. The SMILES string of the molecule is O=C(NC1CCN(Cc2ccccc2)C1)C1CCN(c2ccc3nnc(C(F)(F)F)n3n2)CC1. The molecular weight excluding hydrogens is 447 g/mol. The molecule has 0 radical (unpaired) electrons. The van der Waals surface area contributed by atoms with Crippen molar-refractivity contribution in [1.29, 1.82) is 0 Å². The molecule has 1 unspecified atom stereocenters. The van der Waals surface area contributed by atoms with Gasteiger partial charge in [-0.25, -0.2) is 0 Å². The van der Waals surface area contributed by atoms with Crippen LogP contribution in [0.5, 0.6) is 0 Å². The van der Waals surface area contributed by atoms with Gasteiger partial charge in [0, 0.05) is 44.7 Å². The fourth-order valence-electron chi connectivity index (χ4n) is 4.75. The fourth-order valence-corrected chi connectivity index (χ4v) is 4.75. The molecule has 180 valence electrons. The number of anilines is 1. The molecule has 2 fully saturated rings. The molecule has 2 aromatic heterocycles. The molecule has 11 heteroatoms. The van der Waals surface area contributed by atoms with Gasteiger partial charge in [0.25, 0.3) is 5.82 Å². The van der Waals surface area contributed by atoms with Crippen molar-refractivity contribution in [2.45, 2.75) is 38.0 Å². The number of piperidine rings is 1. The number of fused-ring (bicyclic) bond motifs is 1. The van der Waals surface area contributed by atoms with Crippen molar-refractivity contribution in [3.05, 3.63) is 53.9 Å². The fraction of sp³-hybridized carbons (Fsp3) is 0.478. The minimum atomic E-state index is -4.63. The third kappa shape index (κ3) is 4.84. The summed E-state index contributed by atoms with van der Waals surface area (Å²) in [7, 11) is 0. The highest BCUT2D eigenvalue weighted by Gasteiger charge is 2.38. The summed E-state index contributed by atoms with van der Waals surface area (Å²) in [6.45, 7) is 3.76. The highest BCUT2D eigenvalue weighted by molar-refractivity contribution is 5.79. The van der Waals surface area contributed by atoms with Gasteiger partial charge in [-0.1, -0.05) is 30.3 Å². The number of hydrogen-bond acceptors (Lipinski definition) is 6. The van der Waals surface area contributed by atoms with Gasteiger partial charge in [0.1, 0.15) is 5.82 Å². The Bertz CT molecular complexity index is 1140. The molecule has 8 nitrogen and oxygen atoms in total. The lowest BCUT2D eigenvalue weighted by atomic mass is 9.95. The minimum Gasteiger partial charge on any atom is -0.355 e. The first kappa shape index (κ1) is 22.6. The van der Waals surface area contributed by atoms with E-state index >= 15 is 0 Å². The second-order valence-electron chi connectivity index (χ2n) is 8.96. The van der Waals surface area contributed by atoms with Gasteiger partial charge in [-0.05, 0) is 37.0 Å². The lowest BCUT2D eigenvalue weighted by molar-refractivity contribution is -0.146. The van der Waals surface area contributed by atoms with Gasteiger partial charge in [0.15, 0.2) is 5.65 Å². The van der Waals surface area contributed by atoms with Crippen molar-refractivity contribution < 1.29 is 18.0 Å². The highest BCUT2D eigenvalue weighted by atomic mass is 19.4. The number of alkyl halides is 3. The first-order chi connectivity index (χ1) is 16.4. The number of carbonyl (C=O) groups is 1. The van der Waals surface area contributed by atoms with Crippen LogP contribution in [0.15, 0.2) is 42.5 Å². The predicted molar refractivity (Wildman–Crippen MR) is 119 cm³/mol. The van der Waals surface area contributed by atoms with Crippen molar-refractivity contribution in [2.75, 3.05) is 31.1 Å². The van der Waals surface area contributed by atoms with Crippen molar-refractivity contribution in [3.8, 4) is 0 Å². The number of hydrogen-bond donors (Lipinski definition) is 1. The standard InChI is InChI=1S/C23H26F3N7O/c24-23(25,26)22-29-28-19-6-7-20(30-33(19)22)32-12-8-17(9-13-32)21(34)27-18-10-11-31(15-18)14-16-4-2-1-3-5-16/h1-7,17-18H,8-15H2,(H,27,34). The second-order valence-corrected chi connectivity index (χ2v) is 8.96. The van der Waals surface area contributed by atoms with Gasteiger partial charge in [-0.2, -0.15) is 17.7 Å². The average Bonchev–Trinajstić information content (AvgIpc) is 3.46. The van der Waals surface area contributed by atoms with Gasteiger partial charge in [0.2, 0.25) is 5.91 Å². The van der Waals surface area contributed by atoms with Gasteiger partial charge in [0.05, 0.1) is 0 Å². The second kappa shape index (κ2) is 9.21. The number of halogens is 3. The number of likely N-dealkylation sites (tertiary alicyclic amines) is 1. The number of rotatable bonds is 5. The van der Waals surface area contributed by atoms with Crippen LogP contribution in [-0.2, 0) is 17.5 Å². The zero-order chi connectivity index (χ0) is 23.7. The van der Waals surface area contributed by atoms with E-state index in [1.165, 1.54) is 11.6 Å². The minimum absolute atomic E-state index is 0.0446. The van der Waals surface area contributed by atoms with Gasteiger partial charge < -0.3 is 10.2 Å². The Morgan fingerprint density at radius 1 is 1.00 bits per heavy atom. The van der Waals surface area contributed by atoms with Gasteiger partial charge >= 0.3 is 6.18 Å². The molecule has 1 amide bonds. The number of benzene rings is 1. The Morgan fingerprint density at radius 3 is 2.50 bits per heavy atom. The molecule has 0 aliphatic carbocycles. The third-order valence-electron chi connectivity index (χ3n) is 6.56. The molecular formula is C23H26F3N7O. The summed E-state index contributed by atoms with van der Waals surface area (Å²) in [5.74, 6) is -0.767. The Kier molecular flexibility index (Phi) is 6.11. The van der Waals surface area contributed by atoms with E-state index in [1.54, 1.807) is 6.07 Å². The molecule has 0 spiro atoms. The van der Waals surface area contributed by atoms with E-state index in [9.17, 15) is 18.0 Å². The number of amides is 1. The lowest BCUT2D eigenvalue weighted by Crippen LogP contribution is -2.45. The molecule has 2 aliphatic heterocycles. The number of nitrogens with zero attached hydrogens (tertiary/aromatic N) is 6. The average molecular weight is 474 g/mol. The predicted octanol–water partition coefficient (Wildman–Crippen LogP) is 2.75. The number of nitrogens with one attached hydrogen (secondary N) is 1. The van der Waals surface area contributed by atoms with Crippen molar-refractivity contribution in [3.63, 3.8) is 0 Å². The van der Waals surface area contributed by atoms with Crippen LogP contribution in [0.1, 0.15) is 30.7 Å². The van der Waals surface area contributed by atoms with E-state index in [2.05, 4.69) is 37.6 Å². The molecule has 1 N–H and O–H groups in total. The van der Waals surface area contributed by atoms with Crippen LogP contribution < -0.4 is 10.2 Å². The van der Waals surface area contributed by atoms with Crippen LogP contribution in [0.3, 0.4) is 0 Å². The zero-order valence-corrected chi connectivity index (χ0v) is 18.6. The van der Waals surface area contributed by atoms with E-state index < -0.39 is 12.0 Å². The van der Waals surface area contributed by atoms with Gasteiger partial charge in [-0.3, -0.25) is 9.69 Å². The Morgan fingerprint density at radius 2 is 1.76 bits per heavy atom. The number of aromatic nitrogens is 4. The smallest absolute Gasteiger partial charge is 0.355 e. The first-order valence-corrected chi connectivity index (χ1v) is 11.5. The van der Waals surface area contributed by atoms with E-state index in [1.807, 2.05) is 23.1 Å². The van der Waals surface area contributed by atoms with Gasteiger partial charge in [-0.15, -0.1) is 15.3 Å². The lowest BCUT2D eigenvalue weighted by Gasteiger charge is -2.32. The van der Waals surface area contributed by atoms with E-state index in [0.29, 0.717) is 31.7 Å². The highest BCUT2D eigenvalue weighted by Crippen LogP contribution is 2.29. The molecule has 4 heterocycles. The summed E-state index contributed by atoms with van der Waals surface area (Å²) in [6, 6.07) is 13.6. The van der Waals surface area contributed by atoms with E-state index in [4.69, 9.17) is 0 Å². The molecule has 2 saturated heterocycles. The van der Waals surface area contributed by atoms with E-state index in [0.717, 1.165) is 30.6 Å². The largest absolute Gasteiger partial charge is 0.453 e. The van der Waals surface area contributed by atoms with Crippen LogP contribution in [-0.4, -0.2) is 62.8 Å². The summed E-state index contributed by atoms with van der Waals surface area (Å²) in [5.41, 5.74) is 1.31. The van der Waals surface area contributed by atoms with Crippen LogP contribution in [0.25, 0.3) is 5.65 Å². The first-order valence-electron chi connectivity index (χ1n) is 11.5. The summed E-state index contributed by atoms with van der Waals surface area (Å²) in [6.07, 6.45) is -2.45. The molecule has 2 aliphatic rings. The van der Waals surface area contributed by atoms with Crippen LogP contribution >= 0.6 is 0 Å². The Hall–Kier alpha value is -3.21. The monoisotopic (exact) mass is 473 g/mol. The Labute approximate surface area is 194 Å². The van der Waals surface area contributed by atoms with E-state index in [-0.39, 0.29) is 23.5 Å². The molecule has 0 bridgehead atoms. The summed E-state index contributed by atoms with van der Waals surface area (Å²) < 4.78 is 40.2. The molecule has 1 atom stereocenters. The Balaban J connectivity index is 1.14. The summed E-state index contributed by atoms with van der Waals surface area (Å²) in [5, 5.41) is 14.1. The summed E-state index contributed by atoms with van der Waals surface area (Å²) in [4.78, 5) is 17.1. The zero-order valence-electron chi connectivity index (χ0n) is 18.6. The van der Waals surface area contributed by atoms with Crippen molar-refractivity contribution >= 4 is 17.4 Å². The maximum atomic E-state index is 13.1. The quantitative estimate of drug-likeness (QED) is 0.614. The topological polar surface area (TPSA) is 78.7 Å². The molecule has 0 saturated carbocycles. The van der Waals surface area contributed by atoms with Crippen molar-refractivity contribution in [2.24, 2.45) is 5.92 Å². The summed E-state index contributed by atoms with van der Waals surface area (Å²) >= 11 is 0. The van der Waals surface area contributed by atoms with Crippen LogP contribution in [0.2, 0.25) is 0 Å². The van der Waals surface area contributed by atoms with Crippen molar-refractivity contribution in [1.82, 2.24) is 30.0 Å². The normalized spacial score (nSPS) is 20.2. The number of carbonyl (C=O) groups excluding carboxylic acids is 1. The van der Waals surface area contributed by atoms with Crippen LogP contribution in [0, 0.1) is 5.92 Å². The molecule has 3 aromatic rings. The maximum absolute atomic E-state index is 13.1. The molecule has 5 rings (SSSR count). The molecule has 1 aromatic carbocycles.